The van der Waals surface area contributed by atoms with E-state index in [0.29, 0.717) is 23.7 Å². The molecule has 0 aliphatic carbocycles. The van der Waals surface area contributed by atoms with E-state index in [1.165, 1.54) is 4.90 Å². The molecule has 28 heavy (non-hydrogen) atoms. The molecule has 0 spiro atoms. The second kappa shape index (κ2) is 7.59. The van der Waals surface area contributed by atoms with Gasteiger partial charge < -0.3 is 14.8 Å². The Kier molecular flexibility index (Phi) is 5.00. The van der Waals surface area contributed by atoms with Crippen molar-refractivity contribution in [2.75, 3.05) is 25.8 Å². The lowest BCUT2D eigenvalue weighted by Gasteiger charge is -2.24. The van der Waals surface area contributed by atoms with Crippen LogP contribution in [0.4, 0.5) is 5.82 Å². The average Bonchev–Trinajstić information content (AvgIpc) is 3.16. The monoisotopic (exact) mass is 395 g/mol. The van der Waals surface area contributed by atoms with Crippen LogP contribution in [-0.4, -0.2) is 35.9 Å². The summed E-state index contributed by atoms with van der Waals surface area (Å²) in [4.78, 5) is 18.3. The predicted molar refractivity (Wildman–Crippen MR) is 110 cm³/mol. The van der Waals surface area contributed by atoms with Crippen LogP contribution in [0.15, 0.2) is 53.7 Å². The van der Waals surface area contributed by atoms with Gasteiger partial charge in [-0.05, 0) is 36.1 Å². The number of nitrogens with zero attached hydrogens (tertiary/aromatic N) is 2. The molecule has 1 N–H and O–H groups in total. The Hall–Kier alpha value is -2.93. The minimum absolute atomic E-state index is 0.0324. The Morgan fingerprint density at radius 3 is 2.61 bits per heavy atom. The maximum atomic E-state index is 12.5. The summed E-state index contributed by atoms with van der Waals surface area (Å²) >= 11 is 1.69. The van der Waals surface area contributed by atoms with Crippen molar-refractivity contribution in [3.8, 4) is 17.2 Å². The molecule has 0 radical (unpaired) electrons. The van der Waals surface area contributed by atoms with E-state index in [2.05, 4.69) is 34.6 Å². The summed E-state index contributed by atoms with van der Waals surface area (Å²) in [6, 6.07) is 13.8. The first kappa shape index (κ1) is 18.4. The number of carbonyl (C=O) groups is 1. The minimum Gasteiger partial charge on any atom is -0.497 e. The molecule has 7 heteroatoms. The number of nitrogens with one attached hydrogen (secondary N) is 1. The molecule has 2 aromatic carbocycles. The summed E-state index contributed by atoms with van der Waals surface area (Å²) in [5.41, 5.74) is 2.69. The third-order valence-corrected chi connectivity index (χ3v) is 5.68. The molecular formula is C21H21N3O3S. The molecule has 1 aliphatic heterocycles. The number of hydrogen-bond acceptors (Lipinski definition) is 5. The number of thioether (sulfide) groups is 1. The quantitative estimate of drug-likeness (QED) is 0.660. The molecule has 0 saturated carbocycles. The third-order valence-electron chi connectivity index (χ3n) is 4.94. The first-order valence-corrected chi connectivity index (χ1v) is 10.1. The molecule has 1 aliphatic rings. The number of hydrogen-bond donors (Lipinski definition) is 1. The molecule has 4 rings (SSSR count). The van der Waals surface area contributed by atoms with Gasteiger partial charge in [0.05, 0.1) is 25.6 Å². The lowest BCUT2D eigenvalue weighted by atomic mass is 9.90. The van der Waals surface area contributed by atoms with Crippen LogP contribution in [0.5, 0.6) is 11.5 Å². The van der Waals surface area contributed by atoms with E-state index in [4.69, 9.17) is 9.47 Å². The number of imidazole rings is 1. The van der Waals surface area contributed by atoms with Gasteiger partial charge in [0.2, 0.25) is 5.91 Å². The van der Waals surface area contributed by atoms with Gasteiger partial charge in [-0.1, -0.05) is 12.1 Å². The molecule has 0 fully saturated rings. The van der Waals surface area contributed by atoms with Gasteiger partial charge in [0.1, 0.15) is 23.6 Å². The highest BCUT2D eigenvalue weighted by atomic mass is 32.2. The number of anilines is 1. The van der Waals surface area contributed by atoms with Gasteiger partial charge in [0.25, 0.3) is 0 Å². The molecule has 2 heterocycles. The number of amides is 1. The Morgan fingerprint density at radius 2 is 1.93 bits per heavy atom. The van der Waals surface area contributed by atoms with Crippen LogP contribution >= 0.6 is 11.8 Å². The second-order valence-electron chi connectivity index (χ2n) is 6.46. The first-order chi connectivity index (χ1) is 13.6. The van der Waals surface area contributed by atoms with E-state index in [9.17, 15) is 4.79 Å². The number of ether oxygens (including phenoxy) is 2. The van der Waals surface area contributed by atoms with Crippen LogP contribution in [0.1, 0.15) is 23.6 Å². The van der Waals surface area contributed by atoms with Crippen molar-refractivity contribution in [2.45, 2.75) is 17.2 Å². The highest BCUT2D eigenvalue weighted by Crippen LogP contribution is 2.39. The number of carbonyl (C=O) groups excluding carboxylic acids is 1. The topological polar surface area (TPSA) is 65.4 Å². The minimum atomic E-state index is -0.0856. The van der Waals surface area contributed by atoms with E-state index >= 15 is 0 Å². The molecule has 3 aromatic rings. The Balaban J connectivity index is 1.81. The summed E-state index contributed by atoms with van der Waals surface area (Å²) in [6.07, 6.45) is 4.14. The summed E-state index contributed by atoms with van der Waals surface area (Å²) in [6.45, 7) is 0. The van der Waals surface area contributed by atoms with Crippen molar-refractivity contribution in [3.63, 3.8) is 0 Å². The van der Waals surface area contributed by atoms with Crippen molar-refractivity contribution in [1.82, 2.24) is 9.55 Å². The summed E-state index contributed by atoms with van der Waals surface area (Å²) in [7, 11) is 3.23. The van der Waals surface area contributed by atoms with E-state index in [-0.39, 0.29) is 11.8 Å². The largest absolute Gasteiger partial charge is 0.497 e. The zero-order valence-corrected chi connectivity index (χ0v) is 16.7. The van der Waals surface area contributed by atoms with Gasteiger partial charge in [0, 0.05) is 23.3 Å². The third kappa shape index (κ3) is 3.22. The molecule has 1 aromatic heterocycles. The maximum absolute atomic E-state index is 12.5. The molecule has 1 amide bonds. The van der Waals surface area contributed by atoms with Crippen LogP contribution in [0.2, 0.25) is 0 Å². The van der Waals surface area contributed by atoms with Crippen molar-refractivity contribution < 1.29 is 14.3 Å². The number of benzene rings is 2. The number of rotatable bonds is 5. The van der Waals surface area contributed by atoms with Crippen LogP contribution in [0.3, 0.4) is 0 Å². The molecule has 0 unspecified atom stereocenters. The fourth-order valence-electron chi connectivity index (χ4n) is 3.49. The van der Waals surface area contributed by atoms with Gasteiger partial charge in [-0.15, -0.1) is 11.8 Å². The maximum Gasteiger partial charge on any atom is 0.226 e. The Labute approximate surface area is 167 Å². The zero-order valence-electron chi connectivity index (χ0n) is 15.9. The average molecular weight is 395 g/mol. The second-order valence-corrected chi connectivity index (χ2v) is 7.34. The van der Waals surface area contributed by atoms with Crippen molar-refractivity contribution in [2.24, 2.45) is 0 Å². The van der Waals surface area contributed by atoms with E-state index in [1.807, 2.05) is 29.0 Å². The fourth-order valence-corrected chi connectivity index (χ4v) is 3.89. The molecule has 0 saturated heterocycles. The SMILES string of the molecule is COc1ccc(OC)c(-n2cnc3c2NC(=O)C[C@H]3c2ccc(SC)cc2)c1. The van der Waals surface area contributed by atoms with Crippen molar-refractivity contribution in [3.05, 3.63) is 60.0 Å². The number of aromatic nitrogens is 2. The normalized spacial score (nSPS) is 15.7. The predicted octanol–water partition coefficient (Wildman–Crippen LogP) is 4.09. The van der Waals surface area contributed by atoms with Crippen LogP contribution < -0.4 is 14.8 Å². The number of fused-ring (bicyclic) bond motifs is 1. The van der Waals surface area contributed by atoms with Crippen molar-refractivity contribution in [1.29, 1.82) is 0 Å². The van der Waals surface area contributed by atoms with Gasteiger partial charge in [-0.3, -0.25) is 9.36 Å². The van der Waals surface area contributed by atoms with Crippen molar-refractivity contribution >= 4 is 23.5 Å². The smallest absolute Gasteiger partial charge is 0.226 e. The highest BCUT2D eigenvalue weighted by molar-refractivity contribution is 7.98. The van der Waals surface area contributed by atoms with Crippen LogP contribution in [-0.2, 0) is 4.79 Å². The molecule has 144 valence electrons. The fraction of sp³-hybridized carbons (Fsp3) is 0.238. The lowest BCUT2D eigenvalue weighted by Crippen LogP contribution is -2.25. The van der Waals surface area contributed by atoms with Gasteiger partial charge in [-0.25, -0.2) is 4.98 Å². The highest BCUT2D eigenvalue weighted by Gasteiger charge is 2.31. The lowest BCUT2D eigenvalue weighted by molar-refractivity contribution is -0.116. The number of methoxy groups -OCH3 is 2. The summed E-state index contributed by atoms with van der Waals surface area (Å²) < 4.78 is 12.7. The molecule has 1 atom stereocenters. The van der Waals surface area contributed by atoms with E-state index in [1.54, 1.807) is 32.3 Å². The van der Waals surface area contributed by atoms with E-state index < -0.39 is 0 Å². The standard InChI is InChI=1S/C21H21N3O3S/c1-26-14-6-9-18(27-2)17(10-14)24-12-22-20-16(11-19(25)23-21(20)24)13-4-7-15(28-3)8-5-13/h4-10,12,16H,11H2,1-3H3,(H,23,25)/t16-/m0/s1. The van der Waals surface area contributed by atoms with Crippen LogP contribution in [0.25, 0.3) is 5.69 Å². The van der Waals surface area contributed by atoms with Gasteiger partial charge in [0.15, 0.2) is 0 Å². The Bertz CT molecular complexity index is 1010. The Morgan fingerprint density at radius 1 is 1.14 bits per heavy atom. The first-order valence-electron chi connectivity index (χ1n) is 8.88. The summed E-state index contributed by atoms with van der Waals surface area (Å²) in [5, 5.41) is 2.98. The summed E-state index contributed by atoms with van der Waals surface area (Å²) in [5.74, 6) is 1.92. The van der Waals surface area contributed by atoms with Gasteiger partial charge >= 0.3 is 0 Å². The van der Waals surface area contributed by atoms with Gasteiger partial charge in [-0.2, -0.15) is 0 Å². The van der Waals surface area contributed by atoms with E-state index in [0.717, 1.165) is 16.9 Å². The van der Waals surface area contributed by atoms with Crippen LogP contribution in [0, 0.1) is 0 Å². The molecule has 6 nitrogen and oxygen atoms in total. The molecular weight excluding hydrogens is 374 g/mol. The zero-order chi connectivity index (χ0) is 19.7. The molecule has 0 bridgehead atoms.